The van der Waals surface area contributed by atoms with Crippen LogP contribution in [0.5, 0.6) is 0 Å². The maximum atomic E-state index is 9.62. The van der Waals surface area contributed by atoms with Crippen LogP contribution < -0.4 is 0 Å². The fourth-order valence-electron chi connectivity index (χ4n) is 2.12. The molecule has 0 unspecified atom stereocenters. The van der Waals surface area contributed by atoms with Gasteiger partial charge < -0.3 is 20.1 Å². The van der Waals surface area contributed by atoms with Crippen LogP contribution in [0, 0.1) is 0 Å². The minimum Gasteiger partial charge on any atom is -0.423 e. The minimum atomic E-state index is -1.81. The molecule has 0 saturated carbocycles. The first-order chi connectivity index (χ1) is 9.61. The van der Waals surface area contributed by atoms with Crippen molar-refractivity contribution in [2.24, 2.45) is 0 Å². The monoisotopic (exact) mass is 268 g/mol. The zero-order chi connectivity index (χ0) is 14.5. The van der Waals surface area contributed by atoms with Gasteiger partial charge in [0.1, 0.15) is 0 Å². The molecule has 0 aliphatic heterocycles. The Balaban J connectivity index is 2.67. The van der Waals surface area contributed by atoms with E-state index < -0.39 is 14.2 Å². The topological polar surface area (TPSA) is 80.9 Å². The van der Waals surface area contributed by atoms with Crippen molar-refractivity contribution in [3.05, 3.63) is 71.8 Å². The van der Waals surface area contributed by atoms with Crippen LogP contribution in [0.15, 0.2) is 60.7 Å². The third-order valence-electron chi connectivity index (χ3n) is 2.98. The first kappa shape index (κ1) is 14.6. The fourth-order valence-corrected chi connectivity index (χ4v) is 2.12. The van der Waals surface area contributed by atoms with E-state index in [2.05, 4.69) is 0 Å². The second-order valence-corrected chi connectivity index (χ2v) is 4.31. The molecular weight excluding hydrogens is 254 g/mol. The molecule has 0 aliphatic rings. The van der Waals surface area contributed by atoms with Gasteiger partial charge in [0.25, 0.3) is 0 Å². The zero-order valence-corrected chi connectivity index (χ0v) is 10.7. The van der Waals surface area contributed by atoms with Gasteiger partial charge in [0, 0.05) is 0 Å². The Bertz CT molecular complexity index is 529. The highest BCUT2D eigenvalue weighted by Gasteiger charge is 2.28. The smallest absolute Gasteiger partial charge is 0.423 e. The van der Waals surface area contributed by atoms with Crippen molar-refractivity contribution in [3.8, 4) is 0 Å². The van der Waals surface area contributed by atoms with Gasteiger partial charge in [-0.15, -0.1) is 0 Å². The molecule has 0 amide bonds. The standard InChI is InChI=1S/C14H14B2O4/c17-15(18)13(11-7-3-1-4-8-11)14(16(19)20)12-9-5-2-6-10-12/h1-10,17-20H/b14-13+. The van der Waals surface area contributed by atoms with Gasteiger partial charge in [0.05, 0.1) is 0 Å². The summed E-state index contributed by atoms with van der Waals surface area (Å²) in [6.07, 6.45) is 0. The Morgan fingerprint density at radius 2 is 0.850 bits per heavy atom. The molecule has 4 N–H and O–H groups in total. The van der Waals surface area contributed by atoms with E-state index >= 15 is 0 Å². The molecule has 2 aromatic carbocycles. The Morgan fingerprint density at radius 1 is 0.550 bits per heavy atom. The van der Waals surface area contributed by atoms with Crippen molar-refractivity contribution in [3.63, 3.8) is 0 Å². The summed E-state index contributed by atoms with van der Waals surface area (Å²) >= 11 is 0. The Kier molecular flexibility index (Phi) is 4.76. The van der Waals surface area contributed by atoms with Crippen LogP contribution in [0.1, 0.15) is 11.1 Å². The van der Waals surface area contributed by atoms with E-state index in [0.717, 1.165) is 0 Å². The molecular formula is C14H14B2O4. The van der Waals surface area contributed by atoms with Crippen LogP contribution in [0.2, 0.25) is 0 Å². The largest absolute Gasteiger partial charge is 0.488 e. The van der Waals surface area contributed by atoms with E-state index in [0.29, 0.717) is 11.1 Å². The lowest BCUT2D eigenvalue weighted by atomic mass is 9.61. The van der Waals surface area contributed by atoms with Crippen LogP contribution >= 0.6 is 0 Å². The third kappa shape index (κ3) is 3.18. The molecule has 0 spiro atoms. The Hall–Kier alpha value is -1.85. The lowest BCUT2D eigenvalue weighted by Crippen LogP contribution is -2.23. The van der Waals surface area contributed by atoms with Gasteiger partial charge in [-0.05, 0) is 22.1 Å². The van der Waals surface area contributed by atoms with Gasteiger partial charge in [-0.25, -0.2) is 0 Å². The van der Waals surface area contributed by atoms with E-state index in [1.54, 1.807) is 60.7 Å². The number of benzene rings is 2. The first-order valence-electron chi connectivity index (χ1n) is 6.18. The lowest BCUT2D eigenvalue weighted by Gasteiger charge is -2.15. The van der Waals surface area contributed by atoms with Crippen molar-refractivity contribution in [2.75, 3.05) is 0 Å². The van der Waals surface area contributed by atoms with Crippen molar-refractivity contribution in [1.82, 2.24) is 0 Å². The van der Waals surface area contributed by atoms with Crippen LogP contribution in [-0.2, 0) is 0 Å². The van der Waals surface area contributed by atoms with Crippen molar-refractivity contribution in [2.45, 2.75) is 0 Å². The second kappa shape index (κ2) is 6.54. The second-order valence-electron chi connectivity index (χ2n) is 4.31. The van der Waals surface area contributed by atoms with Crippen LogP contribution in [0.25, 0.3) is 10.9 Å². The molecule has 0 heterocycles. The molecule has 0 bridgehead atoms. The molecule has 0 aliphatic carbocycles. The molecule has 0 fully saturated rings. The van der Waals surface area contributed by atoms with E-state index in [4.69, 9.17) is 0 Å². The predicted molar refractivity (Wildman–Crippen MR) is 80.1 cm³/mol. The van der Waals surface area contributed by atoms with Gasteiger partial charge in [-0.1, -0.05) is 60.7 Å². The van der Waals surface area contributed by atoms with Crippen molar-refractivity contribution < 1.29 is 20.1 Å². The molecule has 2 aromatic rings. The van der Waals surface area contributed by atoms with E-state index in [9.17, 15) is 20.1 Å². The van der Waals surface area contributed by atoms with Crippen LogP contribution in [0.3, 0.4) is 0 Å². The Labute approximate surface area is 117 Å². The zero-order valence-electron chi connectivity index (χ0n) is 10.7. The van der Waals surface area contributed by atoms with Gasteiger partial charge in [0.2, 0.25) is 0 Å². The summed E-state index contributed by atoms with van der Waals surface area (Å²) in [5.74, 6) is 0. The number of hydrogen-bond acceptors (Lipinski definition) is 4. The molecule has 2 rings (SSSR count). The molecule has 6 heteroatoms. The number of rotatable bonds is 4. The highest BCUT2D eigenvalue weighted by atomic mass is 16.4. The Morgan fingerprint density at radius 3 is 1.10 bits per heavy atom. The van der Waals surface area contributed by atoms with E-state index in [1.165, 1.54) is 0 Å². The molecule has 0 radical (unpaired) electrons. The van der Waals surface area contributed by atoms with Gasteiger partial charge in [0.15, 0.2) is 0 Å². The number of hydrogen-bond donors (Lipinski definition) is 4. The maximum absolute atomic E-state index is 9.62. The molecule has 4 nitrogen and oxygen atoms in total. The average Bonchev–Trinajstić information content (AvgIpc) is 2.45. The lowest BCUT2D eigenvalue weighted by molar-refractivity contribution is 0.422. The summed E-state index contributed by atoms with van der Waals surface area (Å²) in [5, 5.41) is 38.5. The van der Waals surface area contributed by atoms with Gasteiger partial charge in [-0.2, -0.15) is 0 Å². The summed E-state index contributed by atoms with van der Waals surface area (Å²) in [5.41, 5.74) is 1.20. The normalized spacial score (nSPS) is 11.8. The highest BCUT2D eigenvalue weighted by molar-refractivity contribution is 6.79. The van der Waals surface area contributed by atoms with E-state index in [1.807, 2.05) is 0 Å². The molecule has 0 saturated heterocycles. The molecule has 100 valence electrons. The van der Waals surface area contributed by atoms with Crippen LogP contribution in [0.4, 0.5) is 0 Å². The van der Waals surface area contributed by atoms with Crippen molar-refractivity contribution >= 4 is 25.2 Å². The molecule has 0 aromatic heterocycles. The molecule has 20 heavy (non-hydrogen) atoms. The quantitative estimate of drug-likeness (QED) is 0.484. The average molecular weight is 268 g/mol. The summed E-state index contributed by atoms with van der Waals surface area (Å²) in [6.45, 7) is 0. The summed E-state index contributed by atoms with van der Waals surface area (Å²) in [6, 6.07) is 17.3. The van der Waals surface area contributed by atoms with E-state index in [-0.39, 0.29) is 10.9 Å². The SMILES string of the molecule is OB(O)/C(=C(/B(O)O)c1ccccc1)c1ccccc1. The van der Waals surface area contributed by atoms with Crippen LogP contribution in [-0.4, -0.2) is 34.3 Å². The fraction of sp³-hybridized carbons (Fsp3) is 0. The minimum absolute atomic E-state index is 0.0757. The summed E-state index contributed by atoms with van der Waals surface area (Å²) in [4.78, 5) is 0. The highest BCUT2D eigenvalue weighted by Crippen LogP contribution is 2.28. The first-order valence-corrected chi connectivity index (χ1v) is 6.18. The summed E-state index contributed by atoms with van der Waals surface area (Å²) in [7, 11) is -3.62. The van der Waals surface area contributed by atoms with Gasteiger partial charge >= 0.3 is 14.2 Å². The third-order valence-corrected chi connectivity index (χ3v) is 2.98. The van der Waals surface area contributed by atoms with Crippen molar-refractivity contribution in [1.29, 1.82) is 0 Å². The summed E-state index contributed by atoms with van der Waals surface area (Å²) < 4.78 is 0. The maximum Gasteiger partial charge on any atom is 0.488 e. The predicted octanol–water partition coefficient (Wildman–Crippen LogP) is 0.621. The van der Waals surface area contributed by atoms with Gasteiger partial charge in [-0.3, -0.25) is 0 Å². The molecule has 0 atom stereocenters.